The van der Waals surface area contributed by atoms with E-state index in [9.17, 15) is 9.59 Å². The summed E-state index contributed by atoms with van der Waals surface area (Å²) in [6.07, 6.45) is 2.08. The Balaban J connectivity index is 1.43. The molecule has 0 bridgehead atoms. The quantitative estimate of drug-likeness (QED) is 0.576. The van der Waals surface area contributed by atoms with Crippen molar-refractivity contribution in [3.05, 3.63) is 64.7 Å². The van der Waals surface area contributed by atoms with E-state index in [4.69, 9.17) is 16.3 Å². The van der Waals surface area contributed by atoms with Crippen LogP contribution in [0.2, 0.25) is 5.02 Å². The lowest BCUT2D eigenvalue weighted by molar-refractivity contribution is -0.124. The maximum absolute atomic E-state index is 12.8. The van der Waals surface area contributed by atoms with Crippen LogP contribution >= 0.6 is 11.6 Å². The number of nitrogens with zero attached hydrogens (tertiary/aromatic N) is 1. The Labute approximate surface area is 201 Å². The Morgan fingerprint density at radius 3 is 2.27 bits per heavy atom. The predicted molar refractivity (Wildman–Crippen MR) is 132 cm³/mol. The van der Waals surface area contributed by atoms with Gasteiger partial charge in [-0.3, -0.25) is 14.5 Å². The molecule has 1 saturated heterocycles. The number of carbonyl (C=O) groups is 2. The first-order chi connectivity index (χ1) is 15.9. The van der Waals surface area contributed by atoms with Gasteiger partial charge >= 0.3 is 0 Å². The second-order valence-corrected chi connectivity index (χ2v) is 9.45. The van der Waals surface area contributed by atoms with Crippen LogP contribution in [0.25, 0.3) is 0 Å². The van der Waals surface area contributed by atoms with Gasteiger partial charge in [-0.15, -0.1) is 0 Å². The molecule has 3 rings (SSSR count). The monoisotopic (exact) mass is 471 g/mol. The number of amides is 2. The number of benzene rings is 2. The summed E-state index contributed by atoms with van der Waals surface area (Å²) in [6, 6.07) is 14.3. The van der Waals surface area contributed by atoms with E-state index in [2.05, 4.69) is 27.7 Å². The number of halogens is 1. The number of hydrogen-bond acceptors (Lipinski definition) is 4. The molecule has 0 aromatic heterocycles. The fraction of sp³-hybridized carbons (Fsp3) is 0.462. The second kappa shape index (κ2) is 12.1. The molecule has 2 amide bonds. The number of ether oxygens (including phenoxy) is 1. The molecule has 2 aromatic rings. The lowest BCUT2D eigenvalue weighted by atomic mass is 9.95. The molecule has 1 aliphatic heterocycles. The Morgan fingerprint density at radius 1 is 1.06 bits per heavy atom. The van der Waals surface area contributed by atoms with E-state index >= 15 is 0 Å². The van der Waals surface area contributed by atoms with E-state index in [-0.39, 0.29) is 17.7 Å². The zero-order chi connectivity index (χ0) is 23.8. The minimum atomic E-state index is -0.580. The van der Waals surface area contributed by atoms with Crippen LogP contribution < -0.4 is 15.4 Å². The average molecular weight is 472 g/mol. The van der Waals surface area contributed by atoms with Crippen molar-refractivity contribution < 1.29 is 14.3 Å². The fourth-order valence-electron chi connectivity index (χ4n) is 4.05. The van der Waals surface area contributed by atoms with Gasteiger partial charge in [-0.1, -0.05) is 37.6 Å². The molecule has 1 heterocycles. The molecule has 1 fully saturated rings. The van der Waals surface area contributed by atoms with Crippen molar-refractivity contribution in [1.82, 2.24) is 15.5 Å². The summed E-state index contributed by atoms with van der Waals surface area (Å²) < 4.78 is 5.22. The molecule has 178 valence electrons. The molecule has 2 N–H and O–H groups in total. The van der Waals surface area contributed by atoms with Gasteiger partial charge in [0.2, 0.25) is 5.91 Å². The summed E-state index contributed by atoms with van der Waals surface area (Å²) in [5.74, 6) is 0.894. The molecule has 0 saturated carbocycles. The Kier molecular flexibility index (Phi) is 9.15. The average Bonchev–Trinajstić information content (AvgIpc) is 2.82. The number of carbonyl (C=O) groups excluding carboxylic acids is 2. The van der Waals surface area contributed by atoms with Crippen LogP contribution in [0.1, 0.15) is 42.6 Å². The summed E-state index contributed by atoms with van der Waals surface area (Å²) in [5, 5.41) is 6.51. The number of likely N-dealkylation sites (tertiary alicyclic amines) is 1. The van der Waals surface area contributed by atoms with Crippen LogP contribution in [-0.4, -0.2) is 49.5 Å². The molecule has 33 heavy (non-hydrogen) atoms. The number of methoxy groups -OCH3 is 1. The van der Waals surface area contributed by atoms with Gasteiger partial charge in [-0.25, -0.2) is 0 Å². The van der Waals surface area contributed by atoms with Gasteiger partial charge in [0.15, 0.2) is 0 Å². The van der Waals surface area contributed by atoms with Crippen molar-refractivity contribution in [1.29, 1.82) is 0 Å². The molecule has 1 unspecified atom stereocenters. The highest BCUT2D eigenvalue weighted by Gasteiger charge is 2.26. The van der Waals surface area contributed by atoms with Crippen LogP contribution in [0.3, 0.4) is 0 Å². The molecule has 0 radical (unpaired) electrons. The SMILES string of the molecule is COc1ccc(CN2CCC(CNC(=O)C(NC(=O)c3ccc(Cl)cc3)C(C)C)CC2)cc1. The van der Waals surface area contributed by atoms with E-state index < -0.39 is 6.04 Å². The minimum absolute atomic E-state index is 0.0207. The summed E-state index contributed by atoms with van der Waals surface area (Å²) in [6.45, 7) is 7.44. The normalized spacial score (nSPS) is 15.8. The molecular weight excluding hydrogens is 438 g/mol. The molecular formula is C26H34ClN3O3. The van der Waals surface area contributed by atoms with E-state index in [1.165, 1.54) is 5.56 Å². The van der Waals surface area contributed by atoms with Crippen LogP contribution in [0, 0.1) is 11.8 Å². The number of rotatable bonds is 9. The lowest BCUT2D eigenvalue weighted by Crippen LogP contribution is -2.51. The van der Waals surface area contributed by atoms with Gasteiger partial charge in [0.25, 0.3) is 5.91 Å². The van der Waals surface area contributed by atoms with Crippen molar-refractivity contribution in [2.75, 3.05) is 26.7 Å². The smallest absolute Gasteiger partial charge is 0.251 e. The maximum Gasteiger partial charge on any atom is 0.251 e. The highest BCUT2D eigenvalue weighted by molar-refractivity contribution is 6.30. The number of hydrogen-bond donors (Lipinski definition) is 2. The Bertz CT molecular complexity index is 907. The van der Waals surface area contributed by atoms with Crippen molar-refractivity contribution >= 4 is 23.4 Å². The molecule has 2 aromatic carbocycles. The van der Waals surface area contributed by atoms with Crippen LogP contribution in [0.15, 0.2) is 48.5 Å². The van der Waals surface area contributed by atoms with Gasteiger partial charge in [0.05, 0.1) is 7.11 Å². The van der Waals surface area contributed by atoms with Crippen LogP contribution in [0.5, 0.6) is 5.75 Å². The first-order valence-corrected chi connectivity index (χ1v) is 11.9. The van der Waals surface area contributed by atoms with Crippen molar-refractivity contribution in [2.45, 2.75) is 39.3 Å². The first kappa shape index (κ1) is 25.1. The number of piperidine rings is 1. The largest absolute Gasteiger partial charge is 0.497 e. The lowest BCUT2D eigenvalue weighted by Gasteiger charge is -2.32. The molecule has 6 nitrogen and oxygen atoms in total. The van der Waals surface area contributed by atoms with E-state index in [1.54, 1.807) is 31.4 Å². The molecule has 1 aliphatic rings. The fourth-order valence-corrected chi connectivity index (χ4v) is 4.18. The summed E-state index contributed by atoms with van der Waals surface area (Å²) in [5.41, 5.74) is 1.76. The Morgan fingerprint density at radius 2 is 1.70 bits per heavy atom. The molecule has 0 aliphatic carbocycles. The summed E-state index contributed by atoms with van der Waals surface area (Å²) in [4.78, 5) is 27.8. The minimum Gasteiger partial charge on any atom is -0.497 e. The van der Waals surface area contributed by atoms with Gasteiger partial charge in [-0.05, 0) is 79.7 Å². The predicted octanol–water partition coefficient (Wildman–Crippen LogP) is 4.13. The standard InChI is InChI=1S/C26H34ClN3O3/c1-18(2)24(29-25(31)21-6-8-22(27)9-7-21)26(32)28-16-19-12-14-30(15-13-19)17-20-4-10-23(33-3)11-5-20/h4-11,18-19,24H,12-17H2,1-3H3,(H,28,32)(H,29,31). The van der Waals surface area contributed by atoms with Crippen LogP contribution in [-0.2, 0) is 11.3 Å². The van der Waals surface area contributed by atoms with Crippen molar-refractivity contribution in [3.8, 4) is 5.75 Å². The Hall–Kier alpha value is -2.57. The zero-order valence-corrected chi connectivity index (χ0v) is 20.4. The second-order valence-electron chi connectivity index (χ2n) is 9.01. The highest BCUT2D eigenvalue weighted by Crippen LogP contribution is 2.20. The van der Waals surface area contributed by atoms with Gasteiger partial charge in [0.1, 0.15) is 11.8 Å². The van der Waals surface area contributed by atoms with Gasteiger partial charge in [0, 0.05) is 23.7 Å². The third-order valence-corrected chi connectivity index (χ3v) is 6.43. The third kappa shape index (κ3) is 7.47. The third-order valence-electron chi connectivity index (χ3n) is 6.18. The van der Waals surface area contributed by atoms with Crippen molar-refractivity contribution in [2.24, 2.45) is 11.8 Å². The maximum atomic E-state index is 12.8. The van der Waals surface area contributed by atoms with E-state index in [0.717, 1.165) is 38.2 Å². The summed E-state index contributed by atoms with van der Waals surface area (Å²) >= 11 is 5.90. The van der Waals surface area contributed by atoms with Gasteiger partial charge < -0.3 is 15.4 Å². The van der Waals surface area contributed by atoms with E-state index in [1.807, 2.05) is 26.0 Å². The molecule has 1 atom stereocenters. The van der Waals surface area contributed by atoms with Crippen LogP contribution in [0.4, 0.5) is 0 Å². The first-order valence-electron chi connectivity index (χ1n) is 11.5. The molecule has 0 spiro atoms. The van der Waals surface area contributed by atoms with Gasteiger partial charge in [-0.2, -0.15) is 0 Å². The topological polar surface area (TPSA) is 70.7 Å². The van der Waals surface area contributed by atoms with E-state index in [0.29, 0.717) is 23.0 Å². The summed E-state index contributed by atoms with van der Waals surface area (Å²) in [7, 11) is 1.68. The van der Waals surface area contributed by atoms with Crippen molar-refractivity contribution in [3.63, 3.8) is 0 Å². The molecule has 7 heteroatoms. The highest BCUT2D eigenvalue weighted by atomic mass is 35.5. The zero-order valence-electron chi connectivity index (χ0n) is 19.6. The number of nitrogens with one attached hydrogen (secondary N) is 2.